The monoisotopic (exact) mass is 320 g/mol. The molecule has 0 fully saturated rings. The van der Waals surface area contributed by atoms with Crippen molar-refractivity contribution >= 4 is 28.7 Å². The average Bonchev–Trinajstić information content (AvgIpc) is 2.78. The predicted molar refractivity (Wildman–Crippen MR) is 92.0 cm³/mol. The van der Waals surface area contributed by atoms with Crippen molar-refractivity contribution in [2.75, 3.05) is 0 Å². The first-order valence-electron chi connectivity index (χ1n) is 7.07. The van der Waals surface area contributed by atoms with Crippen molar-refractivity contribution in [3.8, 4) is 0 Å². The number of halogens is 1. The fourth-order valence-corrected chi connectivity index (χ4v) is 3.54. The third-order valence-electron chi connectivity index (χ3n) is 3.77. The molecule has 0 radical (unpaired) electrons. The molecule has 2 rings (SSSR count). The van der Waals surface area contributed by atoms with Gasteiger partial charge in [-0.1, -0.05) is 44.5 Å². The van der Waals surface area contributed by atoms with Crippen LogP contribution in [0.2, 0.25) is 5.02 Å². The van der Waals surface area contributed by atoms with Crippen molar-refractivity contribution in [2.24, 2.45) is 0 Å². The molecule has 1 aromatic carbocycles. The van der Waals surface area contributed by atoms with Gasteiger partial charge in [0.15, 0.2) is 5.78 Å². The number of carbonyl (C=O) groups excluding carboxylic acids is 1. The van der Waals surface area contributed by atoms with E-state index in [-0.39, 0.29) is 11.2 Å². The van der Waals surface area contributed by atoms with Crippen LogP contribution in [0, 0.1) is 13.8 Å². The fourth-order valence-electron chi connectivity index (χ4n) is 2.44. The summed E-state index contributed by atoms with van der Waals surface area (Å²) in [6.45, 7) is 10.8. The Balaban J connectivity index is 2.34. The minimum atomic E-state index is 0.102. The van der Waals surface area contributed by atoms with Gasteiger partial charge >= 0.3 is 0 Å². The lowest BCUT2D eigenvalue weighted by atomic mass is 9.83. The largest absolute Gasteiger partial charge is 0.293 e. The second kappa shape index (κ2) is 5.94. The molecule has 0 spiro atoms. The minimum absolute atomic E-state index is 0.102. The molecular weight excluding hydrogens is 300 g/mol. The summed E-state index contributed by atoms with van der Waals surface area (Å²) in [4.78, 5) is 13.1. The average molecular weight is 321 g/mol. The Labute approximate surface area is 136 Å². The molecule has 0 saturated carbocycles. The molecule has 0 aliphatic rings. The van der Waals surface area contributed by atoms with Gasteiger partial charge in [-0.15, -0.1) is 11.3 Å². The summed E-state index contributed by atoms with van der Waals surface area (Å²) in [5.74, 6) is 0.102. The van der Waals surface area contributed by atoms with Crippen LogP contribution in [-0.4, -0.2) is 5.78 Å². The van der Waals surface area contributed by atoms with Crippen molar-refractivity contribution in [1.82, 2.24) is 0 Å². The highest BCUT2D eigenvalue weighted by atomic mass is 35.5. The summed E-state index contributed by atoms with van der Waals surface area (Å²) in [6.07, 6.45) is 0.419. The van der Waals surface area contributed by atoms with E-state index in [2.05, 4.69) is 46.8 Å². The Hall–Kier alpha value is -1.12. The van der Waals surface area contributed by atoms with E-state index in [1.807, 2.05) is 5.38 Å². The van der Waals surface area contributed by atoms with Crippen molar-refractivity contribution in [1.29, 1.82) is 0 Å². The summed E-state index contributed by atoms with van der Waals surface area (Å²) in [7, 11) is 0. The number of carbonyl (C=O) groups is 1. The lowest BCUT2D eigenvalue weighted by Gasteiger charge is -2.22. The maximum Gasteiger partial charge on any atom is 0.178 e. The molecule has 3 heteroatoms. The summed E-state index contributed by atoms with van der Waals surface area (Å²) in [6, 6.07) is 6.18. The van der Waals surface area contributed by atoms with E-state index in [1.54, 1.807) is 6.07 Å². The zero-order chi connectivity index (χ0) is 15.8. The first kappa shape index (κ1) is 16.3. The van der Waals surface area contributed by atoms with Gasteiger partial charge in [0, 0.05) is 6.42 Å². The molecule has 2 aromatic rings. The first-order chi connectivity index (χ1) is 9.70. The van der Waals surface area contributed by atoms with Gasteiger partial charge in [-0.25, -0.2) is 0 Å². The van der Waals surface area contributed by atoms with Crippen molar-refractivity contribution in [3.63, 3.8) is 0 Å². The van der Waals surface area contributed by atoms with Gasteiger partial charge in [-0.3, -0.25) is 4.79 Å². The van der Waals surface area contributed by atoms with Crippen LogP contribution in [0.4, 0.5) is 0 Å². The van der Waals surface area contributed by atoms with Crippen molar-refractivity contribution in [3.05, 3.63) is 55.7 Å². The lowest BCUT2D eigenvalue weighted by molar-refractivity contribution is 0.0996. The van der Waals surface area contributed by atoms with Gasteiger partial charge in [0.05, 0.1) is 9.90 Å². The van der Waals surface area contributed by atoms with Crippen molar-refractivity contribution < 1.29 is 4.79 Å². The summed E-state index contributed by atoms with van der Waals surface area (Å²) >= 11 is 7.47. The second-order valence-corrected chi connectivity index (χ2v) is 7.86. The van der Waals surface area contributed by atoms with E-state index in [1.165, 1.54) is 28.0 Å². The molecule has 0 saturated heterocycles. The highest BCUT2D eigenvalue weighted by molar-refractivity contribution is 7.12. The number of Topliss-reactive ketones (excluding diaryl/α,β-unsaturated/α-hetero) is 1. The van der Waals surface area contributed by atoms with Crippen LogP contribution in [-0.2, 0) is 11.8 Å². The minimum Gasteiger partial charge on any atom is -0.293 e. The van der Waals surface area contributed by atoms with Gasteiger partial charge in [-0.05, 0) is 53.0 Å². The number of hydrogen-bond donors (Lipinski definition) is 0. The normalized spacial score (nSPS) is 11.7. The summed E-state index contributed by atoms with van der Waals surface area (Å²) < 4.78 is 0. The van der Waals surface area contributed by atoms with Crippen LogP contribution >= 0.6 is 22.9 Å². The van der Waals surface area contributed by atoms with Crippen LogP contribution in [0.1, 0.15) is 52.7 Å². The zero-order valence-corrected chi connectivity index (χ0v) is 14.8. The molecule has 0 bridgehead atoms. The topological polar surface area (TPSA) is 17.1 Å². The maximum absolute atomic E-state index is 12.4. The molecular formula is C18H21ClOS. The SMILES string of the molecule is Cc1cc(C(C)(C)C)cc(C)c1CC(=O)c1sccc1Cl. The van der Waals surface area contributed by atoms with Gasteiger partial charge < -0.3 is 0 Å². The predicted octanol–water partition coefficient (Wildman–Crippen LogP) is 5.74. The highest BCUT2D eigenvalue weighted by Crippen LogP contribution is 2.29. The van der Waals surface area contributed by atoms with E-state index < -0.39 is 0 Å². The van der Waals surface area contributed by atoms with E-state index in [4.69, 9.17) is 11.6 Å². The molecule has 21 heavy (non-hydrogen) atoms. The van der Waals surface area contributed by atoms with Gasteiger partial charge in [0.1, 0.15) is 0 Å². The number of hydrogen-bond acceptors (Lipinski definition) is 2. The van der Waals surface area contributed by atoms with E-state index in [0.29, 0.717) is 16.3 Å². The van der Waals surface area contributed by atoms with E-state index in [9.17, 15) is 4.79 Å². The van der Waals surface area contributed by atoms with Crippen molar-refractivity contribution in [2.45, 2.75) is 46.5 Å². The quantitative estimate of drug-likeness (QED) is 0.659. The van der Waals surface area contributed by atoms with Gasteiger partial charge in [0.25, 0.3) is 0 Å². The van der Waals surface area contributed by atoms with E-state index in [0.717, 1.165) is 5.56 Å². The van der Waals surface area contributed by atoms with Crippen LogP contribution in [0.15, 0.2) is 23.6 Å². The third-order valence-corrected chi connectivity index (χ3v) is 5.15. The smallest absolute Gasteiger partial charge is 0.178 e. The second-order valence-electron chi connectivity index (χ2n) is 6.54. The molecule has 112 valence electrons. The lowest BCUT2D eigenvalue weighted by Crippen LogP contribution is -2.13. The molecule has 0 unspecified atom stereocenters. The Bertz CT molecular complexity index is 654. The molecule has 0 aliphatic carbocycles. The number of thiophene rings is 1. The fraction of sp³-hybridized carbons (Fsp3) is 0.389. The molecule has 1 nitrogen and oxygen atoms in total. The number of ketones is 1. The van der Waals surface area contributed by atoms with Crippen LogP contribution in [0.5, 0.6) is 0 Å². The Morgan fingerprint density at radius 1 is 1.19 bits per heavy atom. The van der Waals surface area contributed by atoms with Crippen LogP contribution < -0.4 is 0 Å². The number of aryl methyl sites for hydroxylation is 2. The Kier molecular flexibility index (Phi) is 4.60. The molecule has 1 heterocycles. The Morgan fingerprint density at radius 3 is 2.19 bits per heavy atom. The van der Waals surface area contributed by atoms with Crippen LogP contribution in [0.3, 0.4) is 0 Å². The molecule has 0 amide bonds. The first-order valence-corrected chi connectivity index (χ1v) is 8.32. The number of benzene rings is 1. The zero-order valence-electron chi connectivity index (χ0n) is 13.2. The molecule has 0 atom stereocenters. The summed E-state index contributed by atoms with van der Waals surface area (Å²) in [5.41, 5.74) is 4.91. The van der Waals surface area contributed by atoms with E-state index >= 15 is 0 Å². The van der Waals surface area contributed by atoms with Gasteiger partial charge in [0.2, 0.25) is 0 Å². The molecule has 1 aromatic heterocycles. The van der Waals surface area contributed by atoms with Crippen LogP contribution in [0.25, 0.3) is 0 Å². The highest BCUT2D eigenvalue weighted by Gasteiger charge is 2.19. The van der Waals surface area contributed by atoms with Gasteiger partial charge in [-0.2, -0.15) is 0 Å². The Morgan fingerprint density at radius 2 is 1.76 bits per heavy atom. The maximum atomic E-state index is 12.4. The standard InChI is InChI=1S/C18H21ClOS/c1-11-8-13(18(3,4)5)9-12(2)14(11)10-16(20)17-15(19)6-7-21-17/h6-9H,10H2,1-5H3. The molecule has 0 aliphatic heterocycles. The molecule has 0 N–H and O–H groups in total. The number of rotatable bonds is 3. The third kappa shape index (κ3) is 3.56. The summed E-state index contributed by atoms with van der Waals surface area (Å²) in [5, 5.41) is 2.42.